The number of aromatic nitrogens is 1. The van der Waals surface area contributed by atoms with Crippen LogP contribution in [0.4, 0.5) is 0 Å². The summed E-state index contributed by atoms with van der Waals surface area (Å²) in [5.74, 6) is 0.0289. The van der Waals surface area contributed by atoms with Crippen LogP contribution < -0.4 is 0 Å². The van der Waals surface area contributed by atoms with Crippen molar-refractivity contribution in [1.29, 1.82) is 0 Å². The molecule has 1 aliphatic rings. The number of hydrogen-bond acceptors (Lipinski definition) is 4. The van der Waals surface area contributed by atoms with E-state index in [1.165, 1.54) is 0 Å². The number of thiazole rings is 1. The summed E-state index contributed by atoms with van der Waals surface area (Å²) >= 11 is 1.54. The monoisotopic (exact) mass is 290 g/mol. The standard InChI is InChI=1S/C15H18N2O2S/c18-9-12-4-2-1-3-7-17(12)15(19)11-5-6-13-14(8-11)20-10-16-13/h5-6,8,10,12,18H,1-4,7,9H2. The van der Waals surface area contributed by atoms with Crippen LogP contribution in [0.2, 0.25) is 0 Å². The second-order valence-electron chi connectivity index (χ2n) is 5.22. The summed E-state index contributed by atoms with van der Waals surface area (Å²) in [6.45, 7) is 0.791. The van der Waals surface area contributed by atoms with Crippen LogP contribution in [0, 0.1) is 0 Å². The molecule has 1 aliphatic heterocycles. The molecule has 1 amide bonds. The van der Waals surface area contributed by atoms with Gasteiger partial charge in [0.05, 0.1) is 28.4 Å². The Balaban J connectivity index is 1.88. The number of likely N-dealkylation sites (tertiary alicyclic amines) is 1. The summed E-state index contributed by atoms with van der Waals surface area (Å²) < 4.78 is 1.03. The van der Waals surface area contributed by atoms with Gasteiger partial charge in [-0.25, -0.2) is 4.98 Å². The molecule has 0 aliphatic carbocycles. The number of aliphatic hydroxyl groups excluding tert-OH is 1. The molecule has 1 saturated heterocycles. The van der Waals surface area contributed by atoms with Crippen molar-refractivity contribution in [2.24, 2.45) is 0 Å². The number of amides is 1. The predicted molar refractivity (Wildman–Crippen MR) is 80.0 cm³/mol. The Morgan fingerprint density at radius 1 is 1.40 bits per heavy atom. The van der Waals surface area contributed by atoms with Gasteiger partial charge in [-0.1, -0.05) is 12.8 Å². The fourth-order valence-electron chi connectivity index (χ4n) is 2.79. The van der Waals surface area contributed by atoms with E-state index in [2.05, 4.69) is 4.98 Å². The maximum atomic E-state index is 12.7. The largest absolute Gasteiger partial charge is 0.394 e. The average Bonchev–Trinajstić information content (AvgIpc) is 2.81. The SMILES string of the molecule is O=C(c1ccc2ncsc2c1)N1CCCCCC1CO. The minimum absolute atomic E-state index is 0.0289. The number of aliphatic hydroxyl groups is 1. The Morgan fingerprint density at radius 3 is 3.15 bits per heavy atom. The third kappa shape index (κ3) is 2.55. The maximum absolute atomic E-state index is 12.7. The quantitative estimate of drug-likeness (QED) is 0.925. The molecule has 20 heavy (non-hydrogen) atoms. The number of fused-ring (bicyclic) bond motifs is 1. The Morgan fingerprint density at radius 2 is 2.30 bits per heavy atom. The summed E-state index contributed by atoms with van der Waals surface area (Å²) in [7, 11) is 0. The van der Waals surface area contributed by atoms with Gasteiger partial charge in [0.15, 0.2) is 0 Å². The Bertz CT molecular complexity index is 611. The predicted octanol–water partition coefficient (Wildman–Crippen LogP) is 2.67. The van der Waals surface area contributed by atoms with Crippen LogP contribution in [-0.2, 0) is 0 Å². The first-order valence-corrected chi connectivity index (χ1v) is 7.92. The molecule has 1 N–H and O–H groups in total. The molecule has 1 fully saturated rings. The van der Waals surface area contributed by atoms with E-state index in [0.29, 0.717) is 5.56 Å². The summed E-state index contributed by atoms with van der Waals surface area (Å²) in [5.41, 5.74) is 3.42. The summed E-state index contributed by atoms with van der Waals surface area (Å²) in [4.78, 5) is 18.8. The average molecular weight is 290 g/mol. The molecular weight excluding hydrogens is 272 g/mol. The van der Waals surface area contributed by atoms with Gasteiger partial charge in [-0.05, 0) is 31.0 Å². The van der Waals surface area contributed by atoms with Gasteiger partial charge < -0.3 is 10.0 Å². The van der Waals surface area contributed by atoms with Crippen LogP contribution in [0.25, 0.3) is 10.2 Å². The number of hydrogen-bond donors (Lipinski definition) is 1. The van der Waals surface area contributed by atoms with Gasteiger partial charge >= 0.3 is 0 Å². The zero-order valence-corrected chi connectivity index (χ0v) is 12.1. The van der Waals surface area contributed by atoms with E-state index in [1.807, 2.05) is 23.1 Å². The smallest absolute Gasteiger partial charge is 0.254 e. The molecule has 4 nitrogen and oxygen atoms in total. The lowest BCUT2D eigenvalue weighted by Crippen LogP contribution is -2.42. The van der Waals surface area contributed by atoms with Crippen LogP contribution in [0.1, 0.15) is 36.0 Å². The molecule has 1 unspecified atom stereocenters. The lowest BCUT2D eigenvalue weighted by molar-refractivity contribution is 0.0600. The van der Waals surface area contributed by atoms with Crippen molar-refractivity contribution in [2.45, 2.75) is 31.7 Å². The van der Waals surface area contributed by atoms with Crippen LogP contribution in [0.5, 0.6) is 0 Å². The van der Waals surface area contributed by atoms with Crippen molar-refractivity contribution in [1.82, 2.24) is 9.88 Å². The zero-order valence-electron chi connectivity index (χ0n) is 11.3. The molecule has 106 valence electrons. The van der Waals surface area contributed by atoms with Gasteiger partial charge in [-0.15, -0.1) is 11.3 Å². The highest BCUT2D eigenvalue weighted by Gasteiger charge is 2.25. The maximum Gasteiger partial charge on any atom is 0.254 e. The van der Waals surface area contributed by atoms with Crippen molar-refractivity contribution >= 4 is 27.5 Å². The fourth-order valence-corrected chi connectivity index (χ4v) is 3.50. The summed E-state index contributed by atoms with van der Waals surface area (Å²) in [6, 6.07) is 5.60. The van der Waals surface area contributed by atoms with Crippen molar-refractivity contribution < 1.29 is 9.90 Å². The Labute approximate surface area is 122 Å². The van der Waals surface area contributed by atoms with Gasteiger partial charge in [0.25, 0.3) is 5.91 Å². The number of carbonyl (C=O) groups excluding carboxylic acids is 1. The van der Waals surface area contributed by atoms with E-state index in [0.717, 1.165) is 42.4 Å². The van der Waals surface area contributed by atoms with E-state index in [1.54, 1.807) is 16.8 Å². The molecule has 2 aromatic rings. The molecular formula is C15H18N2O2S. The van der Waals surface area contributed by atoms with Crippen LogP contribution in [0.15, 0.2) is 23.7 Å². The van der Waals surface area contributed by atoms with Crippen molar-refractivity contribution in [3.05, 3.63) is 29.3 Å². The number of carbonyl (C=O) groups is 1. The van der Waals surface area contributed by atoms with Crippen LogP contribution in [-0.4, -0.2) is 40.1 Å². The lowest BCUT2D eigenvalue weighted by atomic mass is 10.1. The highest BCUT2D eigenvalue weighted by Crippen LogP contribution is 2.23. The molecule has 0 spiro atoms. The molecule has 0 radical (unpaired) electrons. The summed E-state index contributed by atoms with van der Waals surface area (Å²) in [5, 5.41) is 9.52. The highest BCUT2D eigenvalue weighted by molar-refractivity contribution is 7.16. The molecule has 2 heterocycles. The van der Waals surface area contributed by atoms with Gasteiger partial charge in [0.2, 0.25) is 0 Å². The third-order valence-electron chi connectivity index (χ3n) is 3.93. The van der Waals surface area contributed by atoms with E-state index in [4.69, 9.17) is 0 Å². The normalized spacial score (nSPS) is 20.1. The first kappa shape index (κ1) is 13.5. The number of nitrogens with zero attached hydrogens (tertiary/aromatic N) is 2. The second kappa shape index (κ2) is 5.89. The Kier molecular flexibility index (Phi) is 3.98. The van der Waals surface area contributed by atoms with Crippen LogP contribution in [0.3, 0.4) is 0 Å². The van der Waals surface area contributed by atoms with Crippen molar-refractivity contribution in [3.8, 4) is 0 Å². The summed E-state index contributed by atoms with van der Waals surface area (Å²) in [6.07, 6.45) is 4.13. The Hall–Kier alpha value is -1.46. The van der Waals surface area contributed by atoms with E-state index in [9.17, 15) is 9.90 Å². The third-order valence-corrected chi connectivity index (χ3v) is 4.72. The van der Waals surface area contributed by atoms with Crippen molar-refractivity contribution in [2.75, 3.05) is 13.2 Å². The van der Waals surface area contributed by atoms with Gasteiger partial charge in [0, 0.05) is 12.1 Å². The van der Waals surface area contributed by atoms with Crippen molar-refractivity contribution in [3.63, 3.8) is 0 Å². The van der Waals surface area contributed by atoms with Gasteiger partial charge in [0.1, 0.15) is 0 Å². The van der Waals surface area contributed by atoms with Gasteiger partial charge in [-0.2, -0.15) is 0 Å². The van der Waals surface area contributed by atoms with Gasteiger partial charge in [-0.3, -0.25) is 4.79 Å². The molecule has 0 saturated carbocycles. The van der Waals surface area contributed by atoms with E-state index in [-0.39, 0.29) is 18.6 Å². The minimum Gasteiger partial charge on any atom is -0.394 e. The molecule has 3 rings (SSSR count). The molecule has 1 aromatic heterocycles. The minimum atomic E-state index is -0.0397. The number of benzene rings is 1. The first-order valence-electron chi connectivity index (χ1n) is 7.04. The molecule has 0 bridgehead atoms. The fraction of sp³-hybridized carbons (Fsp3) is 0.467. The van der Waals surface area contributed by atoms with E-state index >= 15 is 0 Å². The number of rotatable bonds is 2. The lowest BCUT2D eigenvalue weighted by Gasteiger charge is -2.28. The second-order valence-corrected chi connectivity index (χ2v) is 6.11. The molecule has 5 heteroatoms. The molecule has 1 aromatic carbocycles. The zero-order chi connectivity index (χ0) is 13.9. The topological polar surface area (TPSA) is 53.4 Å². The highest BCUT2D eigenvalue weighted by atomic mass is 32.1. The molecule has 1 atom stereocenters. The first-order chi connectivity index (χ1) is 9.79. The van der Waals surface area contributed by atoms with Crippen LogP contribution >= 0.6 is 11.3 Å². The van der Waals surface area contributed by atoms with E-state index < -0.39 is 0 Å².